The summed E-state index contributed by atoms with van der Waals surface area (Å²) in [6, 6.07) is 16.3. The fourth-order valence-corrected chi connectivity index (χ4v) is 2.90. The minimum atomic E-state index is -0.850. The van der Waals surface area contributed by atoms with Gasteiger partial charge in [0.2, 0.25) is 0 Å². The Morgan fingerprint density at radius 1 is 1.12 bits per heavy atom. The zero-order valence-corrected chi connectivity index (χ0v) is 17.3. The molecular formula is C22H21N5O5. The first-order chi connectivity index (χ1) is 15.5. The van der Waals surface area contributed by atoms with Crippen molar-refractivity contribution in [3.63, 3.8) is 0 Å². The van der Waals surface area contributed by atoms with Crippen molar-refractivity contribution in [1.29, 1.82) is 5.26 Å². The summed E-state index contributed by atoms with van der Waals surface area (Å²) in [5, 5.41) is 14.5. The van der Waals surface area contributed by atoms with E-state index >= 15 is 0 Å². The third-order valence-corrected chi connectivity index (χ3v) is 4.42. The second-order valence-electron chi connectivity index (χ2n) is 6.63. The zero-order chi connectivity index (χ0) is 22.9. The molecule has 1 heterocycles. The Balaban J connectivity index is 1.58. The van der Waals surface area contributed by atoms with Gasteiger partial charge in [-0.05, 0) is 43.3 Å². The number of amides is 2. The predicted molar refractivity (Wildman–Crippen MR) is 114 cm³/mol. The lowest BCUT2D eigenvalue weighted by Crippen LogP contribution is -2.51. The molecule has 0 aliphatic carbocycles. The molecule has 0 spiro atoms. The van der Waals surface area contributed by atoms with E-state index in [0.29, 0.717) is 17.0 Å². The smallest absolute Gasteiger partial charge is 0.354 e. The number of benzene rings is 2. The van der Waals surface area contributed by atoms with Crippen molar-refractivity contribution < 1.29 is 23.9 Å². The summed E-state index contributed by atoms with van der Waals surface area (Å²) in [5.74, 6) is -1.32. The van der Waals surface area contributed by atoms with Crippen molar-refractivity contribution in [2.24, 2.45) is 5.10 Å². The molecule has 1 unspecified atom stereocenters. The van der Waals surface area contributed by atoms with Crippen LogP contribution in [0.5, 0.6) is 5.75 Å². The van der Waals surface area contributed by atoms with Crippen LogP contribution >= 0.6 is 0 Å². The number of para-hydroxylation sites is 1. The standard InChI is InChI=1S/C22H21N5O5/c1-2-31-22(30)18-12-19(27(26-18)16-6-4-3-5-7-16)21(29)25-24-20(28)14-32-17-10-8-15(13-23)9-11-17/h3-11,19H,2,12,14H2,1H3,(H,24,28)(H,25,29). The third-order valence-electron chi connectivity index (χ3n) is 4.42. The van der Waals surface area contributed by atoms with Crippen molar-refractivity contribution in [2.75, 3.05) is 18.2 Å². The van der Waals surface area contributed by atoms with Gasteiger partial charge in [0.1, 0.15) is 17.5 Å². The van der Waals surface area contributed by atoms with Crippen LogP contribution in [-0.2, 0) is 19.1 Å². The maximum absolute atomic E-state index is 12.7. The molecule has 0 saturated heterocycles. The number of ether oxygens (including phenoxy) is 2. The molecule has 2 aromatic carbocycles. The second-order valence-corrected chi connectivity index (χ2v) is 6.63. The van der Waals surface area contributed by atoms with Crippen molar-refractivity contribution in [3.05, 3.63) is 60.2 Å². The third kappa shape index (κ3) is 5.60. The number of hydrogen-bond acceptors (Lipinski definition) is 8. The molecular weight excluding hydrogens is 414 g/mol. The molecule has 32 heavy (non-hydrogen) atoms. The molecule has 1 aliphatic heterocycles. The summed E-state index contributed by atoms with van der Waals surface area (Å²) in [5.41, 5.74) is 5.83. The Bertz CT molecular complexity index is 1050. The van der Waals surface area contributed by atoms with Gasteiger partial charge in [-0.2, -0.15) is 10.4 Å². The van der Waals surface area contributed by atoms with Crippen LogP contribution in [0.2, 0.25) is 0 Å². The highest BCUT2D eigenvalue weighted by Gasteiger charge is 2.37. The van der Waals surface area contributed by atoms with E-state index in [9.17, 15) is 14.4 Å². The fraction of sp³-hybridized carbons (Fsp3) is 0.227. The van der Waals surface area contributed by atoms with E-state index in [1.165, 1.54) is 5.01 Å². The molecule has 1 aliphatic rings. The van der Waals surface area contributed by atoms with Crippen LogP contribution in [0.15, 0.2) is 59.7 Å². The van der Waals surface area contributed by atoms with Crippen molar-refractivity contribution >= 4 is 29.2 Å². The Hall–Kier alpha value is -4.39. The predicted octanol–water partition coefficient (Wildman–Crippen LogP) is 1.28. The number of carbonyl (C=O) groups excluding carboxylic acids is 3. The number of nitrogens with one attached hydrogen (secondary N) is 2. The monoisotopic (exact) mass is 435 g/mol. The maximum Gasteiger partial charge on any atom is 0.354 e. The van der Waals surface area contributed by atoms with Crippen molar-refractivity contribution in [3.8, 4) is 11.8 Å². The minimum Gasteiger partial charge on any atom is -0.484 e. The molecule has 3 rings (SSSR count). The summed E-state index contributed by atoms with van der Waals surface area (Å²) in [6.45, 7) is 1.53. The first kappa shape index (κ1) is 22.3. The first-order valence-electron chi connectivity index (χ1n) is 9.82. The second kappa shape index (κ2) is 10.6. The average molecular weight is 435 g/mol. The minimum absolute atomic E-state index is 0.0250. The average Bonchev–Trinajstić information content (AvgIpc) is 3.28. The van der Waals surface area contributed by atoms with Gasteiger partial charge in [0, 0.05) is 6.42 Å². The Morgan fingerprint density at radius 2 is 1.84 bits per heavy atom. The molecule has 0 radical (unpaired) electrons. The molecule has 2 amide bonds. The van der Waals surface area contributed by atoms with Gasteiger partial charge in [0.05, 0.1) is 23.9 Å². The number of hydrogen-bond donors (Lipinski definition) is 2. The van der Waals surface area contributed by atoms with Gasteiger partial charge in [-0.3, -0.25) is 25.4 Å². The van der Waals surface area contributed by atoms with Crippen LogP contribution in [0.4, 0.5) is 5.69 Å². The quantitative estimate of drug-likeness (QED) is 0.494. The van der Waals surface area contributed by atoms with Crippen LogP contribution in [-0.4, -0.2) is 42.8 Å². The van der Waals surface area contributed by atoms with Gasteiger partial charge < -0.3 is 9.47 Å². The lowest BCUT2D eigenvalue weighted by molar-refractivity contribution is -0.135. The van der Waals surface area contributed by atoms with Gasteiger partial charge in [0.25, 0.3) is 11.8 Å². The number of rotatable bonds is 7. The Labute approximate surface area is 184 Å². The molecule has 164 valence electrons. The van der Waals surface area contributed by atoms with E-state index in [0.717, 1.165) is 0 Å². The van der Waals surface area contributed by atoms with Gasteiger partial charge in [0.15, 0.2) is 6.61 Å². The number of carbonyl (C=O) groups is 3. The van der Waals surface area contributed by atoms with Crippen LogP contribution in [0, 0.1) is 11.3 Å². The number of nitrogens with zero attached hydrogens (tertiary/aromatic N) is 3. The molecule has 2 aromatic rings. The van der Waals surface area contributed by atoms with E-state index in [2.05, 4.69) is 16.0 Å². The Morgan fingerprint density at radius 3 is 2.50 bits per heavy atom. The van der Waals surface area contributed by atoms with Crippen LogP contribution in [0.25, 0.3) is 0 Å². The lowest BCUT2D eigenvalue weighted by atomic mass is 10.1. The summed E-state index contributed by atoms with van der Waals surface area (Å²) in [4.78, 5) is 36.9. The molecule has 0 saturated carbocycles. The van der Waals surface area contributed by atoms with E-state index in [-0.39, 0.29) is 25.3 Å². The largest absolute Gasteiger partial charge is 0.484 e. The molecule has 0 fully saturated rings. The number of hydrazone groups is 1. The Kier molecular flexibility index (Phi) is 7.37. The highest BCUT2D eigenvalue weighted by atomic mass is 16.5. The zero-order valence-electron chi connectivity index (χ0n) is 17.3. The number of anilines is 1. The molecule has 2 N–H and O–H groups in total. The van der Waals surface area contributed by atoms with Gasteiger partial charge in [-0.15, -0.1) is 0 Å². The lowest BCUT2D eigenvalue weighted by Gasteiger charge is -2.22. The molecule has 0 bridgehead atoms. The van der Waals surface area contributed by atoms with Crippen LogP contribution < -0.4 is 20.6 Å². The van der Waals surface area contributed by atoms with Crippen LogP contribution in [0.3, 0.4) is 0 Å². The van der Waals surface area contributed by atoms with E-state index in [1.807, 2.05) is 12.1 Å². The maximum atomic E-state index is 12.7. The van der Waals surface area contributed by atoms with Crippen LogP contribution in [0.1, 0.15) is 18.9 Å². The van der Waals surface area contributed by atoms with Gasteiger partial charge in [-0.25, -0.2) is 4.79 Å². The van der Waals surface area contributed by atoms with E-state index in [4.69, 9.17) is 14.7 Å². The first-order valence-corrected chi connectivity index (χ1v) is 9.82. The fourth-order valence-electron chi connectivity index (χ4n) is 2.90. The van der Waals surface area contributed by atoms with Gasteiger partial charge >= 0.3 is 5.97 Å². The summed E-state index contributed by atoms with van der Waals surface area (Å²) < 4.78 is 10.3. The highest BCUT2D eigenvalue weighted by molar-refractivity contribution is 6.38. The molecule has 10 heteroatoms. The highest BCUT2D eigenvalue weighted by Crippen LogP contribution is 2.25. The number of esters is 1. The topological polar surface area (TPSA) is 133 Å². The summed E-state index contributed by atoms with van der Waals surface area (Å²) >= 11 is 0. The van der Waals surface area contributed by atoms with Gasteiger partial charge in [-0.1, -0.05) is 18.2 Å². The molecule has 10 nitrogen and oxygen atoms in total. The summed E-state index contributed by atoms with van der Waals surface area (Å²) in [7, 11) is 0. The SMILES string of the molecule is CCOC(=O)C1=NN(c2ccccc2)C(C(=O)NNC(=O)COc2ccc(C#N)cc2)C1. The molecule has 1 atom stereocenters. The van der Waals surface area contributed by atoms with Crippen molar-refractivity contribution in [2.45, 2.75) is 19.4 Å². The molecule has 0 aromatic heterocycles. The summed E-state index contributed by atoms with van der Waals surface area (Å²) in [6.07, 6.45) is 0.0250. The van der Waals surface area contributed by atoms with E-state index < -0.39 is 23.8 Å². The normalized spacial score (nSPS) is 14.7. The number of hydrazine groups is 1. The number of nitriles is 1. The van der Waals surface area contributed by atoms with Crippen molar-refractivity contribution in [1.82, 2.24) is 10.9 Å². The van der Waals surface area contributed by atoms with E-state index in [1.54, 1.807) is 55.5 Å².